The molecule has 19 atom stereocenters. The van der Waals surface area contributed by atoms with Gasteiger partial charge < -0.3 is 72.7 Å². The van der Waals surface area contributed by atoms with E-state index in [9.17, 15) is 34.5 Å². The van der Waals surface area contributed by atoms with E-state index in [1.165, 1.54) is 6.20 Å². The lowest BCUT2D eigenvalue weighted by molar-refractivity contribution is -0.320. The number of aliphatic hydroxyl groups excluding tert-OH is 1. The van der Waals surface area contributed by atoms with Crippen molar-refractivity contribution in [3.05, 3.63) is 39.7 Å². The number of aryl methyl sites for hydroxylation is 1. The van der Waals surface area contributed by atoms with E-state index in [1.807, 2.05) is 92.1 Å². The molecule has 0 radical (unpaired) electrons. The van der Waals surface area contributed by atoms with Crippen LogP contribution < -0.4 is 10.7 Å². The van der Waals surface area contributed by atoms with Crippen LogP contribution in [0.15, 0.2) is 28.0 Å². The summed E-state index contributed by atoms with van der Waals surface area (Å²) in [6.07, 6.45) is -4.75. The normalized spacial score (nSPS) is 39.2. The number of hydrogen-bond acceptors (Lipinski definition) is 19. The van der Waals surface area contributed by atoms with Gasteiger partial charge in [0.1, 0.15) is 23.9 Å². The number of pyridine rings is 1. The van der Waals surface area contributed by atoms with Gasteiger partial charge in [-0.15, -0.1) is 11.8 Å². The van der Waals surface area contributed by atoms with E-state index in [2.05, 4.69) is 16.3 Å². The Morgan fingerprint density at radius 2 is 1.69 bits per heavy atom. The number of benzene rings is 1. The van der Waals surface area contributed by atoms with Gasteiger partial charge in [-0.3, -0.25) is 14.5 Å². The third-order valence-electron chi connectivity index (χ3n) is 17.5. The second-order valence-corrected chi connectivity index (χ2v) is 25.1. The van der Waals surface area contributed by atoms with Gasteiger partial charge in [-0.05, 0) is 132 Å². The Kier molecular flexibility index (Phi) is 20.2. The van der Waals surface area contributed by atoms with Gasteiger partial charge in [-0.2, -0.15) is 0 Å². The van der Waals surface area contributed by atoms with Crippen LogP contribution in [0.1, 0.15) is 130 Å². The molecule has 0 spiro atoms. The molecule has 20 nitrogen and oxygen atoms in total. The number of hydrogen-bond donors (Lipinski definition) is 4. The smallest absolute Gasteiger partial charge is 0.477 e. The molecule has 4 N–H and O–H groups in total. The number of nitrogens with zero attached hydrogens (tertiary/aromatic N) is 3. The average Bonchev–Trinajstić information content (AvgIpc) is 3.77. The molecule has 7 rings (SSSR count). The molecule has 6 heterocycles. The topological polar surface area (TPSA) is 235 Å². The Balaban J connectivity index is 1.08. The number of methoxy groups -OCH3 is 1. The summed E-state index contributed by atoms with van der Waals surface area (Å²) < 4.78 is 59.8. The summed E-state index contributed by atoms with van der Waals surface area (Å²) in [5.74, 6) is -3.11. The van der Waals surface area contributed by atoms with Gasteiger partial charge in [0.05, 0.1) is 53.7 Å². The average molecular weight is 1120 g/mol. The second-order valence-electron chi connectivity index (χ2n) is 24.0. The monoisotopic (exact) mass is 1120 g/mol. The van der Waals surface area contributed by atoms with Crippen molar-refractivity contribution in [3.63, 3.8) is 0 Å². The van der Waals surface area contributed by atoms with Crippen LogP contribution in [0.25, 0.3) is 10.9 Å². The van der Waals surface area contributed by atoms with Crippen molar-refractivity contribution in [1.29, 1.82) is 0 Å². The van der Waals surface area contributed by atoms with Gasteiger partial charge in [0, 0.05) is 79.4 Å². The minimum absolute atomic E-state index is 0.0879. The van der Waals surface area contributed by atoms with Crippen LogP contribution in [-0.2, 0) is 53.8 Å². The number of rotatable bonds is 16. The zero-order valence-electron chi connectivity index (χ0n) is 48.6. The van der Waals surface area contributed by atoms with Gasteiger partial charge in [0.15, 0.2) is 24.3 Å². The third kappa shape index (κ3) is 13.2. The van der Waals surface area contributed by atoms with E-state index in [4.69, 9.17) is 42.6 Å². The maximum atomic E-state index is 14.8. The van der Waals surface area contributed by atoms with Crippen molar-refractivity contribution in [2.45, 2.75) is 216 Å². The predicted molar refractivity (Wildman–Crippen MR) is 293 cm³/mol. The number of aromatic carboxylic acids is 1. The molecule has 4 fully saturated rings. The van der Waals surface area contributed by atoms with Crippen LogP contribution in [0, 0.1) is 17.8 Å². The molecule has 0 amide bonds. The number of aromatic nitrogens is 1. The molecule has 78 heavy (non-hydrogen) atoms. The summed E-state index contributed by atoms with van der Waals surface area (Å²) in [5, 5.41) is 38.4. The standard InChI is InChI=1S/C57H90N4O16S/c1-16-42-57(11)49(76-54(67)77-57)35(7)60(14)28-30(2)26-55(9,68)48(75-53-46(63)41(59(12)13)23-32(4)71-53)33(5)47(34(6)52(66)73-42)74-43-27-56(10,69-15)50(36(8)72-43)70-21-19-58-20-22-78-38-24-37-18-17-31(3)61-29-40(51(64)65)45(62)39(25-38)44(37)61/h24-25,29-36,41-43,46-50,53,58,63,68H,16-23,26-28H2,1-15H3,(H,64,65)/t30-,31?,32-,33+,34-,35-,36+,41+,42-,43?,46-,47+,48?,49+,50+,53+,55-,56-,57-/m1/s1. The summed E-state index contributed by atoms with van der Waals surface area (Å²) in [7, 11) is 7.33. The summed E-state index contributed by atoms with van der Waals surface area (Å²) in [5.41, 5.74) is -2.68. The number of aliphatic hydroxyl groups is 2. The van der Waals surface area contributed by atoms with Crippen molar-refractivity contribution >= 4 is 40.8 Å². The number of carboxylic acid groups (broad SMARTS) is 1. The molecule has 2 aromatic rings. The van der Waals surface area contributed by atoms with Crippen molar-refractivity contribution < 1.29 is 72.3 Å². The summed E-state index contributed by atoms with van der Waals surface area (Å²) in [6.45, 7) is 22.6. The molecule has 3 unspecified atom stereocenters. The SMILES string of the molecule is CC[C@H]1OC(=O)[C@H](C)[C@@H](OC2C[C@@](C)(OC)[C@@H](OCCNCCSc3cc4c5c(c3)c(=O)c(C(=O)O)cn5C(C)CC4)[C@H](C)O2)[C@H](C)C(O[C@@H]2O[C@H](C)C[C@H](N(C)C)[C@H]2O)[C@](C)(O)C[C@@H](C)CN(C)[C@H](C)[C@@H]2OC(=O)O[C@]12C. The Bertz CT molecular complexity index is 2480. The predicted octanol–water partition coefficient (Wildman–Crippen LogP) is 6.01. The molecule has 5 aliphatic rings. The molecular weight excluding hydrogens is 1030 g/mol. The van der Waals surface area contributed by atoms with Crippen molar-refractivity contribution in [1.82, 2.24) is 19.7 Å². The zero-order valence-corrected chi connectivity index (χ0v) is 49.5. The van der Waals surface area contributed by atoms with Crippen molar-refractivity contribution in [3.8, 4) is 0 Å². The van der Waals surface area contributed by atoms with E-state index < -0.39 is 107 Å². The molecule has 21 heteroatoms. The Morgan fingerprint density at radius 3 is 2.36 bits per heavy atom. The molecule has 1 aromatic carbocycles. The lowest BCUT2D eigenvalue weighted by Gasteiger charge is -2.49. The summed E-state index contributed by atoms with van der Waals surface area (Å²) >= 11 is 1.60. The first-order chi connectivity index (χ1) is 36.6. The van der Waals surface area contributed by atoms with Crippen LogP contribution in [0.4, 0.5) is 4.79 Å². The molecular formula is C57H90N4O16S. The van der Waals surface area contributed by atoms with Crippen LogP contribution >= 0.6 is 11.8 Å². The van der Waals surface area contributed by atoms with Gasteiger partial charge >= 0.3 is 18.1 Å². The molecule has 0 aliphatic carbocycles. The molecule has 4 saturated heterocycles. The number of ether oxygens (including phenoxy) is 9. The first-order valence-electron chi connectivity index (χ1n) is 28.1. The van der Waals surface area contributed by atoms with Crippen LogP contribution in [0.3, 0.4) is 0 Å². The number of esters is 1. The number of carbonyl (C=O) groups is 3. The largest absolute Gasteiger partial charge is 0.509 e. The third-order valence-corrected chi connectivity index (χ3v) is 18.4. The summed E-state index contributed by atoms with van der Waals surface area (Å²) in [6, 6.07) is 3.34. The fraction of sp³-hybridized carbons (Fsp3) is 0.789. The molecule has 5 aliphatic heterocycles. The Labute approximate surface area is 464 Å². The maximum Gasteiger partial charge on any atom is 0.509 e. The van der Waals surface area contributed by atoms with Gasteiger partial charge in [-0.1, -0.05) is 20.8 Å². The first kappa shape index (κ1) is 62.2. The fourth-order valence-electron chi connectivity index (χ4n) is 13.1. The highest BCUT2D eigenvalue weighted by Gasteiger charge is 2.58. The van der Waals surface area contributed by atoms with Crippen molar-refractivity contribution in [2.24, 2.45) is 17.8 Å². The number of nitrogens with one attached hydrogen (secondary N) is 1. The number of carbonyl (C=O) groups excluding carboxylic acids is 2. The van der Waals surface area contributed by atoms with Crippen LogP contribution in [-0.4, -0.2) is 198 Å². The van der Waals surface area contributed by atoms with Gasteiger partial charge in [0.2, 0.25) is 5.43 Å². The molecule has 1 aromatic heterocycles. The Morgan fingerprint density at radius 1 is 0.974 bits per heavy atom. The number of thioether (sulfide) groups is 1. The van der Waals surface area contributed by atoms with E-state index in [0.29, 0.717) is 50.2 Å². The Hall–Kier alpha value is -3.45. The van der Waals surface area contributed by atoms with Crippen LogP contribution in [0.5, 0.6) is 0 Å². The number of cyclic esters (lactones) is 1. The number of likely N-dealkylation sites (N-methyl/N-ethyl adjacent to an activating group) is 2. The van der Waals surface area contributed by atoms with E-state index in [1.54, 1.807) is 39.6 Å². The highest BCUT2D eigenvalue weighted by molar-refractivity contribution is 7.99. The maximum absolute atomic E-state index is 14.8. The highest BCUT2D eigenvalue weighted by atomic mass is 32.2. The van der Waals surface area contributed by atoms with Gasteiger partial charge in [-0.25, -0.2) is 9.59 Å². The highest BCUT2D eigenvalue weighted by Crippen LogP contribution is 2.43. The van der Waals surface area contributed by atoms with Crippen molar-refractivity contribution in [2.75, 3.05) is 60.2 Å². The molecule has 0 saturated carbocycles. The van der Waals surface area contributed by atoms with E-state index in [-0.39, 0.29) is 48.6 Å². The first-order valence-corrected chi connectivity index (χ1v) is 29.1. The minimum atomic E-state index is -1.59. The lowest BCUT2D eigenvalue weighted by atomic mass is 9.77. The van der Waals surface area contributed by atoms with Gasteiger partial charge in [0.25, 0.3) is 0 Å². The number of fused-ring (bicyclic) bond motifs is 1. The fourth-order valence-corrected chi connectivity index (χ4v) is 14.0. The lowest BCUT2D eigenvalue weighted by Crippen LogP contribution is -2.61. The summed E-state index contributed by atoms with van der Waals surface area (Å²) in [4.78, 5) is 58.0. The molecule has 440 valence electrons. The number of carboxylic acids is 1. The minimum Gasteiger partial charge on any atom is -0.477 e. The molecule has 0 bridgehead atoms. The zero-order chi connectivity index (χ0) is 57.3. The van der Waals surface area contributed by atoms with E-state index in [0.717, 1.165) is 28.8 Å². The second kappa shape index (κ2) is 25.4. The quantitative estimate of drug-likeness (QED) is 0.0856. The van der Waals surface area contributed by atoms with Crippen LogP contribution in [0.2, 0.25) is 0 Å². The van der Waals surface area contributed by atoms with E-state index >= 15 is 0 Å².